The van der Waals surface area contributed by atoms with Crippen molar-refractivity contribution in [3.8, 4) is 0 Å². The molecule has 0 amide bonds. The molecule has 0 saturated heterocycles. The zero-order valence-corrected chi connectivity index (χ0v) is 13.2. The van der Waals surface area contributed by atoms with Crippen LogP contribution in [0.5, 0.6) is 0 Å². The largest absolute Gasteiger partial charge is 0.382 e. The fraction of sp³-hybridized carbons (Fsp3) is 0.647. The maximum Gasteiger partial charge on any atom is 0.0700 e. The number of methoxy groups -OCH3 is 1. The van der Waals surface area contributed by atoms with Crippen molar-refractivity contribution in [2.45, 2.75) is 39.2 Å². The van der Waals surface area contributed by atoms with Gasteiger partial charge in [-0.1, -0.05) is 44.5 Å². The maximum atomic E-state index is 5.57. The second kappa shape index (κ2) is 10.8. The van der Waals surface area contributed by atoms with Crippen molar-refractivity contribution >= 4 is 0 Å². The van der Waals surface area contributed by atoms with Gasteiger partial charge in [0.15, 0.2) is 0 Å². The van der Waals surface area contributed by atoms with Crippen LogP contribution < -0.4 is 5.32 Å². The van der Waals surface area contributed by atoms with Crippen molar-refractivity contribution < 1.29 is 9.47 Å². The van der Waals surface area contributed by atoms with Crippen molar-refractivity contribution in [3.05, 3.63) is 35.4 Å². The molecule has 3 heteroatoms. The lowest BCUT2D eigenvalue weighted by Gasteiger charge is -2.19. The molecule has 3 nitrogen and oxygen atoms in total. The average molecular weight is 279 g/mol. The van der Waals surface area contributed by atoms with Gasteiger partial charge in [0.05, 0.1) is 13.2 Å². The minimum Gasteiger partial charge on any atom is -0.382 e. The first-order chi connectivity index (χ1) is 9.81. The first kappa shape index (κ1) is 17.2. The molecule has 1 aromatic rings. The van der Waals surface area contributed by atoms with Gasteiger partial charge >= 0.3 is 0 Å². The molecule has 1 aromatic carbocycles. The van der Waals surface area contributed by atoms with Crippen LogP contribution in [0.2, 0.25) is 0 Å². The molecule has 20 heavy (non-hydrogen) atoms. The van der Waals surface area contributed by atoms with Crippen LogP contribution in [0.3, 0.4) is 0 Å². The molecule has 1 N–H and O–H groups in total. The van der Waals surface area contributed by atoms with Crippen LogP contribution in [0, 0.1) is 0 Å². The molecule has 0 fully saturated rings. The Balaban J connectivity index is 2.47. The highest BCUT2D eigenvalue weighted by Gasteiger charge is 2.09. The van der Waals surface area contributed by atoms with E-state index in [0.717, 1.165) is 26.0 Å². The Morgan fingerprint density at radius 3 is 2.40 bits per heavy atom. The zero-order valence-electron chi connectivity index (χ0n) is 13.2. The molecule has 0 aromatic heterocycles. The van der Waals surface area contributed by atoms with E-state index in [0.29, 0.717) is 19.3 Å². The highest BCUT2D eigenvalue weighted by molar-refractivity contribution is 5.25. The molecule has 0 spiro atoms. The molecule has 0 heterocycles. The Labute approximate surface area is 123 Å². The number of benzene rings is 1. The van der Waals surface area contributed by atoms with Crippen molar-refractivity contribution in [1.82, 2.24) is 5.32 Å². The van der Waals surface area contributed by atoms with Crippen LogP contribution in [0.25, 0.3) is 0 Å². The number of rotatable bonds is 11. The monoisotopic (exact) mass is 279 g/mol. The SMILES string of the molecule is CCCc1ccc(C(CCOCCOC)NCC)cc1. The van der Waals surface area contributed by atoms with E-state index in [-0.39, 0.29) is 0 Å². The molecular formula is C17H29NO2. The van der Waals surface area contributed by atoms with Gasteiger partial charge in [0.25, 0.3) is 0 Å². The predicted molar refractivity (Wildman–Crippen MR) is 84.2 cm³/mol. The van der Waals surface area contributed by atoms with E-state index in [1.807, 2.05) is 0 Å². The van der Waals surface area contributed by atoms with Gasteiger partial charge in [0.1, 0.15) is 0 Å². The summed E-state index contributed by atoms with van der Waals surface area (Å²) in [5, 5.41) is 3.53. The van der Waals surface area contributed by atoms with Crippen molar-refractivity contribution in [3.63, 3.8) is 0 Å². The molecule has 1 atom stereocenters. The lowest BCUT2D eigenvalue weighted by Crippen LogP contribution is -2.22. The fourth-order valence-electron chi connectivity index (χ4n) is 2.28. The fourth-order valence-corrected chi connectivity index (χ4v) is 2.28. The summed E-state index contributed by atoms with van der Waals surface area (Å²) in [7, 11) is 1.70. The molecule has 1 unspecified atom stereocenters. The second-order valence-corrected chi connectivity index (χ2v) is 5.00. The molecule has 0 aliphatic heterocycles. The second-order valence-electron chi connectivity index (χ2n) is 5.00. The lowest BCUT2D eigenvalue weighted by molar-refractivity contribution is 0.0658. The van der Waals surface area contributed by atoms with Crippen LogP contribution in [0.1, 0.15) is 43.9 Å². The van der Waals surface area contributed by atoms with Crippen LogP contribution in [0.4, 0.5) is 0 Å². The highest BCUT2D eigenvalue weighted by Crippen LogP contribution is 2.18. The van der Waals surface area contributed by atoms with Gasteiger partial charge in [-0.2, -0.15) is 0 Å². The van der Waals surface area contributed by atoms with E-state index in [2.05, 4.69) is 43.4 Å². The molecule has 0 aliphatic rings. The van der Waals surface area contributed by atoms with E-state index < -0.39 is 0 Å². The summed E-state index contributed by atoms with van der Waals surface area (Å²) in [6.45, 7) is 7.43. The maximum absolute atomic E-state index is 5.57. The Morgan fingerprint density at radius 2 is 1.80 bits per heavy atom. The molecule has 1 rings (SSSR count). The molecule has 114 valence electrons. The number of ether oxygens (including phenoxy) is 2. The van der Waals surface area contributed by atoms with Crippen LogP contribution in [-0.4, -0.2) is 33.5 Å². The Hall–Kier alpha value is -0.900. The summed E-state index contributed by atoms with van der Waals surface area (Å²) in [5.41, 5.74) is 2.77. The van der Waals surface area contributed by atoms with Crippen molar-refractivity contribution in [2.24, 2.45) is 0 Å². The normalized spacial score (nSPS) is 12.6. The van der Waals surface area contributed by atoms with Gasteiger partial charge in [-0.15, -0.1) is 0 Å². The Bertz CT molecular complexity index is 337. The average Bonchev–Trinajstić information content (AvgIpc) is 2.47. The zero-order chi connectivity index (χ0) is 14.6. The molecule has 0 saturated carbocycles. The van der Waals surface area contributed by atoms with Gasteiger partial charge in [-0.05, 0) is 30.5 Å². The van der Waals surface area contributed by atoms with E-state index in [4.69, 9.17) is 9.47 Å². The lowest BCUT2D eigenvalue weighted by atomic mass is 10.0. The van der Waals surface area contributed by atoms with Gasteiger partial charge in [0.2, 0.25) is 0 Å². The van der Waals surface area contributed by atoms with Crippen LogP contribution in [-0.2, 0) is 15.9 Å². The van der Waals surface area contributed by atoms with E-state index >= 15 is 0 Å². The summed E-state index contributed by atoms with van der Waals surface area (Å²) in [6, 6.07) is 9.35. The third-order valence-corrected chi connectivity index (χ3v) is 3.35. The first-order valence-electron chi connectivity index (χ1n) is 7.70. The smallest absolute Gasteiger partial charge is 0.0700 e. The Kier molecular flexibility index (Phi) is 9.29. The van der Waals surface area contributed by atoms with Gasteiger partial charge < -0.3 is 14.8 Å². The third kappa shape index (κ3) is 6.51. The molecule has 0 radical (unpaired) electrons. The summed E-state index contributed by atoms with van der Waals surface area (Å²) in [6.07, 6.45) is 3.35. The van der Waals surface area contributed by atoms with E-state index in [1.165, 1.54) is 17.5 Å². The predicted octanol–water partition coefficient (Wildman–Crippen LogP) is 3.34. The minimum absolute atomic E-state index is 0.373. The third-order valence-electron chi connectivity index (χ3n) is 3.35. The summed E-state index contributed by atoms with van der Waals surface area (Å²) in [5.74, 6) is 0. The van der Waals surface area contributed by atoms with Crippen LogP contribution >= 0.6 is 0 Å². The first-order valence-corrected chi connectivity index (χ1v) is 7.70. The van der Waals surface area contributed by atoms with Crippen molar-refractivity contribution in [1.29, 1.82) is 0 Å². The minimum atomic E-state index is 0.373. The molecule has 0 bridgehead atoms. The topological polar surface area (TPSA) is 30.5 Å². The van der Waals surface area contributed by atoms with Crippen molar-refractivity contribution in [2.75, 3.05) is 33.5 Å². The number of nitrogens with one attached hydrogen (secondary N) is 1. The van der Waals surface area contributed by atoms with Crippen LogP contribution in [0.15, 0.2) is 24.3 Å². The molecular weight excluding hydrogens is 250 g/mol. The van der Waals surface area contributed by atoms with E-state index in [9.17, 15) is 0 Å². The summed E-state index contributed by atoms with van der Waals surface area (Å²) in [4.78, 5) is 0. The summed E-state index contributed by atoms with van der Waals surface area (Å²) >= 11 is 0. The Morgan fingerprint density at radius 1 is 1.05 bits per heavy atom. The number of hydrogen-bond donors (Lipinski definition) is 1. The standard InChI is InChI=1S/C17H29NO2/c1-4-6-15-7-9-16(10-8-15)17(18-5-2)11-12-20-14-13-19-3/h7-10,17-18H,4-6,11-14H2,1-3H3. The van der Waals surface area contributed by atoms with E-state index in [1.54, 1.807) is 7.11 Å². The molecule has 0 aliphatic carbocycles. The number of hydrogen-bond acceptors (Lipinski definition) is 3. The van der Waals surface area contributed by atoms with Gasteiger partial charge in [-0.3, -0.25) is 0 Å². The number of aryl methyl sites for hydroxylation is 1. The quantitative estimate of drug-likeness (QED) is 0.630. The summed E-state index contributed by atoms with van der Waals surface area (Å²) < 4.78 is 10.5. The van der Waals surface area contributed by atoms with Gasteiger partial charge in [0, 0.05) is 19.8 Å². The van der Waals surface area contributed by atoms with Gasteiger partial charge in [-0.25, -0.2) is 0 Å². The highest BCUT2D eigenvalue weighted by atomic mass is 16.5.